The van der Waals surface area contributed by atoms with Crippen molar-refractivity contribution in [2.75, 3.05) is 13.1 Å². The van der Waals surface area contributed by atoms with Crippen LogP contribution in [-0.4, -0.2) is 29.6 Å². The number of carbonyl (C=O) groups is 1. The molecule has 2 fully saturated rings. The summed E-state index contributed by atoms with van der Waals surface area (Å²) in [4.78, 5) is 13.8. The third-order valence-electron chi connectivity index (χ3n) is 3.75. The molecule has 2 rings (SSSR count). The maximum Gasteiger partial charge on any atom is 0.317 e. The Morgan fingerprint density at radius 3 is 2.36 bits per heavy atom. The molecule has 0 aromatic rings. The van der Waals surface area contributed by atoms with Crippen molar-refractivity contribution < 1.29 is 4.79 Å². The summed E-state index contributed by atoms with van der Waals surface area (Å²) in [5.41, 5.74) is 0.152. The third kappa shape index (κ3) is 1.72. The van der Waals surface area contributed by atoms with Gasteiger partial charge in [0, 0.05) is 18.6 Å². The first-order chi connectivity index (χ1) is 6.76. The highest BCUT2D eigenvalue weighted by atomic mass is 16.2. The van der Waals surface area contributed by atoms with Crippen molar-refractivity contribution in [2.45, 2.75) is 51.0 Å². The van der Waals surface area contributed by atoms with Gasteiger partial charge in [-0.25, -0.2) is 4.79 Å². The second-order valence-corrected chi connectivity index (χ2v) is 4.61. The molecule has 3 heteroatoms. The van der Waals surface area contributed by atoms with Crippen LogP contribution in [0.2, 0.25) is 0 Å². The molecule has 1 aliphatic heterocycles. The van der Waals surface area contributed by atoms with Crippen molar-refractivity contribution in [2.24, 2.45) is 0 Å². The van der Waals surface area contributed by atoms with Gasteiger partial charge in [0.15, 0.2) is 0 Å². The molecule has 1 saturated heterocycles. The molecular weight excluding hydrogens is 176 g/mol. The smallest absolute Gasteiger partial charge is 0.317 e. The van der Waals surface area contributed by atoms with E-state index in [1.807, 2.05) is 4.90 Å². The summed E-state index contributed by atoms with van der Waals surface area (Å²) in [6.45, 7) is 4.07. The first-order valence-electron chi connectivity index (χ1n) is 5.83. The normalized spacial score (nSPS) is 24.5. The van der Waals surface area contributed by atoms with E-state index in [9.17, 15) is 4.79 Å². The van der Waals surface area contributed by atoms with Gasteiger partial charge < -0.3 is 10.2 Å². The van der Waals surface area contributed by atoms with Gasteiger partial charge in [-0.15, -0.1) is 0 Å². The minimum absolute atomic E-state index is 0.152. The zero-order valence-corrected chi connectivity index (χ0v) is 9.01. The fourth-order valence-corrected chi connectivity index (χ4v) is 2.40. The van der Waals surface area contributed by atoms with Crippen molar-refractivity contribution in [1.29, 1.82) is 0 Å². The number of carbonyl (C=O) groups excluding carboxylic acids is 1. The molecule has 0 spiro atoms. The van der Waals surface area contributed by atoms with E-state index in [1.54, 1.807) is 0 Å². The SMILES string of the molecule is CCC1(NC(=O)N2CCCC2)CCC1. The Bertz CT molecular complexity index is 212. The lowest BCUT2D eigenvalue weighted by Gasteiger charge is -2.42. The van der Waals surface area contributed by atoms with Gasteiger partial charge in [0.25, 0.3) is 0 Å². The molecule has 0 unspecified atom stereocenters. The summed E-state index contributed by atoms with van der Waals surface area (Å²) in [6, 6.07) is 0.170. The van der Waals surface area contributed by atoms with Crippen LogP contribution in [0.5, 0.6) is 0 Å². The summed E-state index contributed by atoms with van der Waals surface area (Å²) in [7, 11) is 0. The largest absolute Gasteiger partial charge is 0.333 e. The molecule has 1 N–H and O–H groups in total. The first kappa shape index (κ1) is 9.81. The number of hydrogen-bond donors (Lipinski definition) is 1. The molecule has 80 valence electrons. The Morgan fingerprint density at radius 2 is 1.93 bits per heavy atom. The molecule has 2 aliphatic rings. The number of urea groups is 1. The van der Waals surface area contributed by atoms with Gasteiger partial charge in [0.05, 0.1) is 0 Å². The van der Waals surface area contributed by atoms with Gasteiger partial charge in [0.2, 0.25) is 0 Å². The van der Waals surface area contributed by atoms with Gasteiger partial charge in [-0.05, 0) is 38.5 Å². The van der Waals surface area contributed by atoms with Crippen LogP contribution in [0.3, 0.4) is 0 Å². The molecule has 0 atom stereocenters. The number of hydrogen-bond acceptors (Lipinski definition) is 1. The number of nitrogens with one attached hydrogen (secondary N) is 1. The third-order valence-corrected chi connectivity index (χ3v) is 3.75. The van der Waals surface area contributed by atoms with Gasteiger partial charge >= 0.3 is 6.03 Å². The zero-order valence-electron chi connectivity index (χ0n) is 9.01. The topological polar surface area (TPSA) is 32.3 Å². The van der Waals surface area contributed by atoms with E-state index in [0.717, 1.165) is 19.5 Å². The maximum atomic E-state index is 11.8. The summed E-state index contributed by atoms with van der Waals surface area (Å²) < 4.78 is 0. The van der Waals surface area contributed by atoms with Crippen molar-refractivity contribution in [3.8, 4) is 0 Å². The van der Waals surface area contributed by atoms with Crippen molar-refractivity contribution >= 4 is 6.03 Å². The van der Waals surface area contributed by atoms with Gasteiger partial charge in [-0.1, -0.05) is 6.92 Å². The zero-order chi connectivity index (χ0) is 10.0. The van der Waals surface area contributed by atoms with Gasteiger partial charge in [-0.2, -0.15) is 0 Å². The van der Waals surface area contributed by atoms with Crippen LogP contribution in [0.4, 0.5) is 4.79 Å². The van der Waals surface area contributed by atoms with E-state index in [0.29, 0.717) is 0 Å². The van der Waals surface area contributed by atoms with Crippen LogP contribution in [0.25, 0.3) is 0 Å². The second-order valence-electron chi connectivity index (χ2n) is 4.61. The van der Waals surface area contributed by atoms with Crippen LogP contribution in [0.15, 0.2) is 0 Å². The Balaban J connectivity index is 1.86. The van der Waals surface area contributed by atoms with E-state index in [-0.39, 0.29) is 11.6 Å². The monoisotopic (exact) mass is 196 g/mol. The summed E-state index contributed by atoms with van der Waals surface area (Å²) in [6.07, 6.45) is 7.03. The average Bonchev–Trinajstić information content (AvgIpc) is 2.63. The number of rotatable bonds is 2. The summed E-state index contributed by atoms with van der Waals surface area (Å²) in [5, 5.41) is 3.21. The molecule has 14 heavy (non-hydrogen) atoms. The van der Waals surface area contributed by atoms with Crippen LogP contribution >= 0.6 is 0 Å². The average molecular weight is 196 g/mol. The molecule has 1 saturated carbocycles. The molecule has 3 nitrogen and oxygen atoms in total. The Hall–Kier alpha value is -0.730. The highest BCUT2D eigenvalue weighted by molar-refractivity contribution is 5.75. The minimum Gasteiger partial charge on any atom is -0.333 e. The number of amides is 2. The lowest BCUT2D eigenvalue weighted by molar-refractivity contribution is 0.152. The minimum atomic E-state index is 0.152. The van der Waals surface area contributed by atoms with E-state index in [2.05, 4.69) is 12.2 Å². The molecule has 0 aromatic carbocycles. The van der Waals surface area contributed by atoms with Crippen molar-refractivity contribution in [3.63, 3.8) is 0 Å². The lowest BCUT2D eigenvalue weighted by atomic mass is 9.75. The van der Waals surface area contributed by atoms with E-state index >= 15 is 0 Å². The lowest BCUT2D eigenvalue weighted by Crippen LogP contribution is -2.56. The number of likely N-dealkylation sites (tertiary alicyclic amines) is 1. The number of nitrogens with zero attached hydrogens (tertiary/aromatic N) is 1. The van der Waals surface area contributed by atoms with Crippen LogP contribution < -0.4 is 5.32 Å². The summed E-state index contributed by atoms with van der Waals surface area (Å²) >= 11 is 0. The highest BCUT2D eigenvalue weighted by Gasteiger charge is 2.37. The Labute approximate surface area is 85.8 Å². The van der Waals surface area contributed by atoms with Crippen LogP contribution in [0.1, 0.15) is 45.4 Å². The molecule has 1 heterocycles. The van der Waals surface area contributed by atoms with E-state index in [4.69, 9.17) is 0 Å². The van der Waals surface area contributed by atoms with Crippen molar-refractivity contribution in [3.05, 3.63) is 0 Å². The molecule has 0 radical (unpaired) electrons. The molecule has 0 bridgehead atoms. The second kappa shape index (κ2) is 3.79. The molecular formula is C11H20N2O. The predicted molar refractivity (Wildman–Crippen MR) is 56.2 cm³/mol. The summed E-state index contributed by atoms with van der Waals surface area (Å²) in [5.74, 6) is 0. The first-order valence-corrected chi connectivity index (χ1v) is 5.83. The molecule has 1 aliphatic carbocycles. The maximum absolute atomic E-state index is 11.8. The Kier molecular flexibility index (Phi) is 2.66. The van der Waals surface area contributed by atoms with Gasteiger partial charge in [0.1, 0.15) is 0 Å². The quantitative estimate of drug-likeness (QED) is 0.721. The highest BCUT2D eigenvalue weighted by Crippen LogP contribution is 2.34. The Morgan fingerprint density at radius 1 is 1.29 bits per heavy atom. The van der Waals surface area contributed by atoms with Crippen LogP contribution in [-0.2, 0) is 0 Å². The van der Waals surface area contributed by atoms with Crippen molar-refractivity contribution in [1.82, 2.24) is 10.2 Å². The van der Waals surface area contributed by atoms with Crippen LogP contribution in [0, 0.1) is 0 Å². The van der Waals surface area contributed by atoms with Gasteiger partial charge in [-0.3, -0.25) is 0 Å². The fraction of sp³-hybridized carbons (Fsp3) is 0.909. The van der Waals surface area contributed by atoms with E-state index in [1.165, 1.54) is 32.1 Å². The molecule has 0 aromatic heterocycles. The molecule has 2 amide bonds. The predicted octanol–water partition coefficient (Wildman–Crippen LogP) is 2.12. The van der Waals surface area contributed by atoms with E-state index < -0.39 is 0 Å². The standard InChI is InChI=1S/C11H20N2O/c1-2-11(6-5-7-11)12-10(14)13-8-3-4-9-13/h2-9H2,1H3,(H,12,14). The fourth-order valence-electron chi connectivity index (χ4n) is 2.40.